The van der Waals surface area contributed by atoms with E-state index >= 15 is 0 Å². The maximum atomic E-state index is 3.75. The molecule has 2 aliphatic rings. The highest BCUT2D eigenvalue weighted by Gasteiger charge is 2.27. The summed E-state index contributed by atoms with van der Waals surface area (Å²) in [6.07, 6.45) is 5.81. The Morgan fingerprint density at radius 3 is 2.59 bits per heavy atom. The zero-order valence-corrected chi connectivity index (χ0v) is 11.9. The van der Waals surface area contributed by atoms with E-state index in [2.05, 4.69) is 31.0 Å². The van der Waals surface area contributed by atoms with E-state index in [-0.39, 0.29) is 0 Å². The fourth-order valence-electron chi connectivity index (χ4n) is 3.20. The van der Waals surface area contributed by atoms with Gasteiger partial charge < -0.3 is 10.2 Å². The van der Waals surface area contributed by atoms with Gasteiger partial charge in [-0.3, -0.25) is 0 Å². The molecule has 0 aromatic heterocycles. The van der Waals surface area contributed by atoms with Crippen molar-refractivity contribution in [3.05, 3.63) is 0 Å². The Labute approximate surface area is 107 Å². The second kappa shape index (κ2) is 6.19. The lowest BCUT2D eigenvalue weighted by Gasteiger charge is -2.40. The van der Waals surface area contributed by atoms with Crippen LogP contribution in [0.2, 0.25) is 0 Å². The van der Waals surface area contributed by atoms with Crippen LogP contribution in [0.25, 0.3) is 0 Å². The average molecular weight is 238 g/mol. The standard InChI is InChI=1S/C15H30N2/c1-12(2)8-16-15-7-13(3)9-17(11-15)10-14-5-4-6-14/h12-16H,4-11H2,1-3H3. The topological polar surface area (TPSA) is 15.3 Å². The zero-order valence-electron chi connectivity index (χ0n) is 11.9. The summed E-state index contributed by atoms with van der Waals surface area (Å²) in [5.74, 6) is 2.66. The molecule has 1 saturated heterocycles. The van der Waals surface area contributed by atoms with Crippen molar-refractivity contribution in [2.24, 2.45) is 17.8 Å². The van der Waals surface area contributed by atoms with Gasteiger partial charge in [-0.1, -0.05) is 27.2 Å². The molecule has 0 aromatic carbocycles. The van der Waals surface area contributed by atoms with E-state index in [1.54, 1.807) is 0 Å². The fraction of sp³-hybridized carbons (Fsp3) is 1.00. The molecule has 2 unspecified atom stereocenters. The Morgan fingerprint density at radius 2 is 2.00 bits per heavy atom. The third kappa shape index (κ3) is 4.26. The first-order valence-electron chi connectivity index (χ1n) is 7.59. The highest BCUT2D eigenvalue weighted by atomic mass is 15.2. The molecule has 0 amide bonds. The van der Waals surface area contributed by atoms with Crippen LogP contribution in [0.3, 0.4) is 0 Å². The summed E-state index contributed by atoms with van der Waals surface area (Å²) < 4.78 is 0. The fourth-order valence-corrected chi connectivity index (χ4v) is 3.20. The number of piperidine rings is 1. The van der Waals surface area contributed by atoms with Crippen molar-refractivity contribution >= 4 is 0 Å². The van der Waals surface area contributed by atoms with Crippen molar-refractivity contribution in [3.63, 3.8) is 0 Å². The van der Waals surface area contributed by atoms with Crippen molar-refractivity contribution in [1.82, 2.24) is 10.2 Å². The second-order valence-corrected chi connectivity index (χ2v) is 6.86. The molecule has 2 atom stereocenters. The van der Waals surface area contributed by atoms with Crippen molar-refractivity contribution < 1.29 is 0 Å². The van der Waals surface area contributed by atoms with Gasteiger partial charge in [-0.15, -0.1) is 0 Å². The Bertz CT molecular complexity index is 223. The molecular weight excluding hydrogens is 208 g/mol. The van der Waals surface area contributed by atoms with Gasteiger partial charge in [0.2, 0.25) is 0 Å². The lowest BCUT2D eigenvalue weighted by molar-refractivity contribution is 0.107. The van der Waals surface area contributed by atoms with Gasteiger partial charge in [0.25, 0.3) is 0 Å². The molecule has 0 spiro atoms. The number of nitrogens with one attached hydrogen (secondary N) is 1. The molecule has 2 nitrogen and oxygen atoms in total. The predicted molar refractivity (Wildman–Crippen MR) is 74.2 cm³/mol. The molecule has 100 valence electrons. The van der Waals surface area contributed by atoms with E-state index in [4.69, 9.17) is 0 Å². The van der Waals surface area contributed by atoms with E-state index in [0.29, 0.717) is 0 Å². The molecule has 0 bridgehead atoms. The Kier molecular flexibility index (Phi) is 4.87. The van der Waals surface area contributed by atoms with Crippen LogP contribution in [-0.4, -0.2) is 37.1 Å². The summed E-state index contributed by atoms with van der Waals surface area (Å²) in [4.78, 5) is 2.72. The lowest BCUT2D eigenvalue weighted by atomic mass is 9.84. The summed E-state index contributed by atoms with van der Waals surface area (Å²) in [6.45, 7) is 12.2. The van der Waals surface area contributed by atoms with Gasteiger partial charge in [-0.05, 0) is 43.6 Å². The highest BCUT2D eigenvalue weighted by Crippen LogP contribution is 2.28. The molecule has 1 aliphatic heterocycles. The maximum Gasteiger partial charge on any atom is 0.0198 e. The predicted octanol–water partition coefficient (Wildman–Crippen LogP) is 2.74. The zero-order chi connectivity index (χ0) is 12.3. The molecule has 2 fully saturated rings. The van der Waals surface area contributed by atoms with Gasteiger partial charge in [-0.25, -0.2) is 0 Å². The molecule has 0 aromatic rings. The molecule has 1 aliphatic carbocycles. The number of hydrogen-bond donors (Lipinski definition) is 1. The van der Waals surface area contributed by atoms with Crippen molar-refractivity contribution in [3.8, 4) is 0 Å². The minimum Gasteiger partial charge on any atom is -0.312 e. The normalized spacial score (nSPS) is 31.8. The molecule has 1 N–H and O–H groups in total. The third-order valence-electron chi connectivity index (χ3n) is 4.29. The second-order valence-electron chi connectivity index (χ2n) is 6.86. The quantitative estimate of drug-likeness (QED) is 0.792. The van der Waals surface area contributed by atoms with Gasteiger partial charge >= 0.3 is 0 Å². The van der Waals surface area contributed by atoms with Crippen LogP contribution in [0.1, 0.15) is 46.5 Å². The number of rotatable bonds is 5. The van der Waals surface area contributed by atoms with Crippen LogP contribution < -0.4 is 5.32 Å². The monoisotopic (exact) mass is 238 g/mol. The Balaban J connectivity index is 1.74. The van der Waals surface area contributed by atoms with Crippen LogP contribution in [0, 0.1) is 17.8 Å². The van der Waals surface area contributed by atoms with Crippen LogP contribution in [0.4, 0.5) is 0 Å². The summed E-state index contributed by atoms with van der Waals surface area (Å²) in [5, 5.41) is 3.75. The molecule has 2 heteroatoms. The number of nitrogens with zero attached hydrogens (tertiary/aromatic N) is 1. The van der Waals surface area contributed by atoms with E-state index in [1.807, 2.05) is 0 Å². The first kappa shape index (κ1) is 13.4. The summed E-state index contributed by atoms with van der Waals surface area (Å²) >= 11 is 0. The first-order chi connectivity index (χ1) is 8.13. The van der Waals surface area contributed by atoms with Crippen LogP contribution in [0.15, 0.2) is 0 Å². The minimum atomic E-state index is 0.737. The van der Waals surface area contributed by atoms with Crippen molar-refractivity contribution in [2.75, 3.05) is 26.2 Å². The van der Waals surface area contributed by atoms with Crippen LogP contribution in [0.5, 0.6) is 0 Å². The van der Waals surface area contributed by atoms with Crippen molar-refractivity contribution in [2.45, 2.75) is 52.5 Å². The first-order valence-corrected chi connectivity index (χ1v) is 7.59. The van der Waals surface area contributed by atoms with Crippen molar-refractivity contribution in [1.29, 1.82) is 0 Å². The van der Waals surface area contributed by atoms with Gasteiger partial charge in [0.1, 0.15) is 0 Å². The lowest BCUT2D eigenvalue weighted by Crippen LogP contribution is -2.50. The average Bonchev–Trinajstić information content (AvgIpc) is 2.20. The van der Waals surface area contributed by atoms with E-state index in [9.17, 15) is 0 Å². The van der Waals surface area contributed by atoms with Gasteiger partial charge in [0, 0.05) is 25.7 Å². The van der Waals surface area contributed by atoms with Gasteiger partial charge in [0.15, 0.2) is 0 Å². The molecular formula is C15H30N2. The number of hydrogen-bond acceptors (Lipinski definition) is 2. The van der Waals surface area contributed by atoms with E-state index in [1.165, 1.54) is 51.9 Å². The molecule has 17 heavy (non-hydrogen) atoms. The molecule has 2 rings (SSSR count). The molecule has 1 heterocycles. The minimum absolute atomic E-state index is 0.737. The van der Waals surface area contributed by atoms with Crippen LogP contribution >= 0.6 is 0 Å². The largest absolute Gasteiger partial charge is 0.312 e. The summed E-state index contributed by atoms with van der Waals surface area (Å²) in [7, 11) is 0. The summed E-state index contributed by atoms with van der Waals surface area (Å²) in [6, 6.07) is 0.737. The molecule has 0 radical (unpaired) electrons. The highest BCUT2D eigenvalue weighted by molar-refractivity contribution is 4.84. The maximum absolute atomic E-state index is 3.75. The SMILES string of the molecule is CC(C)CNC1CC(C)CN(CC2CCC2)C1. The molecule has 1 saturated carbocycles. The summed E-state index contributed by atoms with van der Waals surface area (Å²) in [5.41, 5.74) is 0. The van der Waals surface area contributed by atoms with Gasteiger partial charge in [-0.2, -0.15) is 0 Å². The Morgan fingerprint density at radius 1 is 1.24 bits per heavy atom. The smallest absolute Gasteiger partial charge is 0.0198 e. The Hall–Kier alpha value is -0.0800. The van der Waals surface area contributed by atoms with E-state index < -0.39 is 0 Å². The third-order valence-corrected chi connectivity index (χ3v) is 4.29. The van der Waals surface area contributed by atoms with E-state index in [0.717, 1.165) is 23.8 Å². The van der Waals surface area contributed by atoms with Gasteiger partial charge in [0.05, 0.1) is 0 Å². The van der Waals surface area contributed by atoms with Crippen LogP contribution in [-0.2, 0) is 0 Å². The number of likely N-dealkylation sites (tertiary alicyclic amines) is 1.